The topological polar surface area (TPSA) is 89.3 Å². The van der Waals surface area contributed by atoms with E-state index >= 15 is 0 Å². The van der Waals surface area contributed by atoms with Crippen LogP contribution in [0.15, 0.2) is 36.4 Å². The highest BCUT2D eigenvalue weighted by Crippen LogP contribution is 2.13. The lowest BCUT2D eigenvalue weighted by molar-refractivity contribution is 0.481. The number of rotatable bonds is 0. The third kappa shape index (κ3) is 17.6. The lowest BCUT2D eigenvalue weighted by Gasteiger charge is -1.86. The lowest BCUT2D eigenvalue weighted by Crippen LogP contribution is -2.01. The first kappa shape index (κ1) is 10.3. The van der Waals surface area contributed by atoms with Crippen molar-refractivity contribution >= 4 is 7.67 Å². The summed E-state index contributed by atoms with van der Waals surface area (Å²) >= 11 is 0. The van der Waals surface area contributed by atoms with Crippen LogP contribution in [0.2, 0.25) is 0 Å². The fraction of sp³-hybridized carbons (Fsp3) is 0. The molecular formula is C6H11N2O2P. The van der Waals surface area contributed by atoms with Crippen LogP contribution in [0.25, 0.3) is 0 Å². The molecule has 5 heteroatoms. The molecule has 0 radical (unpaired) electrons. The Kier molecular flexibility index (Phi) is 4.74. The normalized spacial score (nSPS) is 9.73. The molecule has 4 nitrogen and oxygen atoms in total. The molecule has 11 heavy (non-hydrogen) atoms. The molecule has 0 aliphatic carbocycles. The molecule has 1 rings (SSSR count). The SMILES string of the molecule is NP(N)(=O)O.c1ccccc1. The van der Waals surface area contributed by atoms with Gasteiger partial charge in [-0.3, -0.25) is 4.57 Å². The van der Waals surface area contributed by atoms with Crippen LogP contribution in [0, 0.1) is 0 Å². The second-order valence-electron chi connectivity index (χ2n) is 1.83. The van der Waals surface area contributed by atoms with Crippen LogP contribution in [0.5, 0.6) is 0 Å². The second kappa shape index (κ2) is 5.04. The Morgan fingerprint density at radius 2 is 1.00 bits per heavy atom. The zero-order valence-corrected chi connectivity index (χ0v) is 6.82. The Hall–Kier alpha value is -0.670. The van der Waals surface area contributed by atoms with Gasteiger partial charge < -0.3 is 4.89 Å². The van der Waals surface area contributed by atoms with E-state index in [2.05, 4.69) is 11.0 Å². The van der Waals surface area contributed by atoms with Gasteiger partial charge in [0.15, 0.2) is 0 Å². The molecule has 1 aromatic carbocycles. The molecule has 0 aliphatic heterocycles. The van der Waals surface area contributed by atoms with Gasteiger partial charge in [0.1, 0.15) is 0 Å². The highest BCUT2D eigenvalue weighted by Gasteiger charge is 1.93. The van der Waals surface area contributed by atoms with Gasteiger partial charge >= 0.3 is 7.67 Å². The van der Waals surface area contributed by atoms with E-state index in [9.17, 15) is 4.57 Å². The van der Waals surface area contributed by atoms with Gasteiger partial charge in [-0.1, -0.05) is 36.4 Å². The quantitative estimate of drug-likeness (QED) is 0.505. The summed E-state index contributed by atoms with van der Waals surface area (Å²) in [6.07, 6.45) is 0. The number of hydrogen-bond acceptors (Lipinski definition) is 1. The summed E-state index contributed by atoms with van der Waals surface area (Å²) in [5.41, 5.74) is 8.49. The van der Waals surface area contributed by atoms with E-state index in [4.69, 9.17) is 4.89 Å². The summed E-state index contributed by atoms with van der Waals surface area (Å²) < 4.78 is 9.33. The van der Waals surface area contributed by atoms with Crippen molar-refractivity contribution in [3.8, 4) is 0 Å². The molecule has 0 spiro atoms. The van der Waals surface area contributed by atoms with Crippen molar-refractivity contribution in [1.29, 1.82) is 0 Å². The Morgan fingerprint density at radius 3 is 1.09 bits per heavy atom. The Labute approximate surface area is 65.4 Å². The average Bonchev–Trinajstić information content (AvgIpc) is 1.88. The van der Waals surface area contributed by atoms with Crippen molar-refractivity contribution in [2.75, 3.05) is 0 Å². The second-order valence-corrected chi connectivity index (χ2v) is 3.17. The van der Waals surface area contributed by atoms with Gasteiger partial charge in [0, 0.05) is 0 Å². The maximum atomic E-state index is 9.33. The first-order chi connectivity index (χ1) is 5.00. The van der Waals surface area contributed by atoms with Crippen LogP contribution >= 0.6 is 7.67 Å². The minimum Gasteiger partial charge on any atom is -0.322 e. The number of nitrogens with two attached hydrogens (primary N) is 2. The fourth-order valence-corrected chi connectivity index (χ4v) is 0.385. The Balaban J connectivity index is 0.000000187. The Morgan fingerprint density at radius 1 is 0.909 bits per heavy atom. The molecule has 0 aliphatic rings. The maximum Gasteiger partial charge on any atom is 0.332 e. The summed E-state index contributed by atoms with van der Waals surface area (Å²) in [7, 11) is -3.64. The van der Waals surface area contributed by atoms with Gasteiger partial charge in [-0.15, -0.1) is 0 Å². The van der Waals surface area contributed by atoms with Gasteiger partial charge in [-0.05, 0) is 0 Å². The van der Waals surface area contributed by atoms with Crippen molar-refractivity contribution < 1.29 is 9.46 Å². The smallest absolute Gasteiger partial charge is 0.322 e. The standard InChI is InChI=1S/C6H6.H5N2O2P/c1-2-4-6-5-3-1;1-5(2,3)4/h1-6H;(H5,1,2,3,4). The van der Waals surface area contributed by atoms with E-state index in [1.54, 1.807) is 0 Å². The molecule has 0 unspecified atom stereocenters. The summed E-state index contributed by atoms with van der Waals surface area (Å²) in [5, 5.41) is 0. The largest absolute Gasteiger partial charge is 0.332 e. The zero-order valence-electron chi connectivity index (χ0n) is 5.92. The van der Waals surface area contributed by atoms with Crippen molar-refractivity contribution in [3.05, 3.63) is 36.4 Å². The van der Waals surface area contributed by atoms with Crippen molar-refractivity contribution in [2.45, 2.75) is 0 Å². The van der Waals surface area contributed by atoms with E-state index in [1.807, 2.05) is 36.4 Å². The van der Waals surface area contributed by atoms with Crippen molar-refractivity contribution in [1.82, 2.24) is 0 Å². The highest BCUT2D eigenvalue weighted by molar-refractivity contribution is 7.52. The molecule has 62 valence electrons. The molecule has 1 aromatic rings. The summed E-state index contributed by atoms with van der Waals surface area (Å²) in [6, 6.07) is 12.0. The van der Waals surface area contributed by atoms with Crippen LogP contribution < -0.4 is 11.0 Å². The van der Waals surface area contributed by atoms with Gasteiger partial charge in [-0.25, -0.2) is 11.0 Å². The van der Waals surface area contributed by atoms with Crippen LogP contribution in [0.1, 0.15) is 0 Å². The third-order valence-electron chi connectivity index (χ3n) is 0.667. The molecule has 5 N–H and O–H groups in total. The van der Waals surface area contributed by atoms with Gasteiger partial charge in [0.2, 0.25) is 0 Å². The molecular weight excluding hydrogens is 163 g/mol. The minimum absolute atomic E-state index is 2.00. The highest BCUT2D eigenvalue weighted by atomic mass is 31.2. The number of hydrogen-bond donors (Lipinski definition) is 3. The van der Waals surface area contributed by atoms with Gasteiger partial charge in [0.05, 0.1) is 0 Å². The van der Waals surface area contributed by atoms with Crippen LogP contribution in [-0.2, 0) is 4.57 Å². The molecule has 0 atom stereocenters. The fourth-order valence-electron chi connectivity index (χ4n) is 0.385. The van der Waals surface area contributed by atoms with Crippen molar-refractivity contribution in [3.63, 3.8) is 0 Å². The molecule has 0 bridgehead atoms. The van der Waals surface area contributed by atoms with Gasteiger partial charge in [0.25, 0.3) is 0 Å². The molecule has 0 aromatic heterocycles. The average molecular weight is 174 g/mol. The Bertz CT molecular complexity index is 186. The van der Waals surface area contributed by atoms with Crippen LogP contribution in [0.3, 0.4) is 0 Å². The van der Waals surface area contributed by atoms with Gasteiger partial charge in [-0.2, -0.15) is 0 Å². The summed E-state index contributed by atoms with van der Waals surface area (Å²) in [5.74, 6) is 0. The molecule has 0 saturated heterocycles. The summed E-state index contributed by atoms with van der Waals surface area (Å²) in [6.45, 7) is 0. The number of benzene rings is 1. The predicted molar refractivity (Wildman–Crippen MR) is 44.6 cm³/mol. The predicted octanol–water partition coefficient (Wildman–Crippen LogP) is 0.691. The van der Waals surface area contributed by atoms with Crippen molar-refractivity contribution in [2.24, 2.45) is 11.0 Å². The van der Waals surface area contributed by atoms with E-state index in [0.29, 0.717) is 0 Å². The minimum atomic E-state index is -3.64. The lowest BCUT2D eigenvalue weighted by atomic mass is 10.4. The summed E-state index contributed by atoms with van der Waals surface area (Å²) in [4.78, 5) is 7.63. The molecule has 0 heterocycles. The maximum absolute atomic E-state index is 9.33. The molecule has 0 amide bonds. The third-order valence-corrected chi connectivity index (χ3v) is 0.667. The zero-order chi connectivity index (χ0) is 8.74. The molecule has 0 saturated carbocycles. The van der Waals surface area contributed by atoms with Crippen LogP contribution in [-0.4, -0.2) is 4.89 Å². The van der Waals surface area contributed by atoms with E-state index in [-0.39, 0.29) is 0 Å². The first-order valence-corrected chi connectivity index (χ1v) is 4.70. The van der Waals surface area contributed by atoms with E-state index < -0.39 is 7.67 Å². The monoisotopic (exact) mass is 174 g/mol. The molecule has 0 fully saturated rings. The van der Waals surface area contributed by atoms with Crippen LogP contribution in [0.4, 0.5) is 0 Å². The first-order valence-electron chi connectivity index (χ1n) is 2.90. The van der Waals surface area contributed by atoms with E-state index in [1.165, 1.54) is 0 Å². The van der Waals surface area contributed by atoms with E-state index in [0.717, 1.165) is 0 Å².